The van der Waals surface area contributed by atoms with Crippen LogP contribution in [0.5, 0.6) is 5.75 Å². The molecule has 18 heavy (non-hydrogen) atoms. The Bertz CT molecular complexity index is 340. The van der Waals surface area contributed by atoms with Gasteiger partial charge in [-0.05, 0) is 32.4 Å². The van der Waals surface area contributed by atoms with E-state index in [0.717, 1.165) is 6.42 Å². The van der Waals surface area contributed by atoms with E-state index >= 15 is 0 Å². The van der Waals surface area contributed by atoms with Crippen molar-refractivity contribution in [1.29, 1.82) is 0 Å². The fourth-order valence-corrected chi connectivity index (χ4v) is 1.43. The lowest BCUT2D eigenvalue weighted by atomic mass is 10.3. The van der Waals surface area contributed by atoms with Crippen LogP contribution in [0.25, 0.3) is 0 Å². The number of hydrogen-bond donors (Lipinski definition) is 1. The van der Waals surface area contributed by atoms with E-state index in [4.69, 9.17) is 9.47 Å². The Kier molecular flexibility index (Phi) is 6.87. The molecular weight excluding hydrogens is 230 g/mol. The maximum absolute atomic E-state index is 11.7. The van der Waals surface area contributed by atoms with Crippen LogP contribution in [0, 0.1) is 0 Å². The summed E-state index contributed by atoms with van der Waals surface area (Å²) in [4.78, 5) is 11.7. The van der Waals surface area contributed by atoms with Gasteiger partial charge < -0.3 is 14.8 Å². The molecule has 100 valence electrons. The Morgan fingerprint density at radius 2 is 2.06 bits per heavy atom. The predicted molar refractivity (Wildman–Crippen MR) is 70.7 cm³/mol. The highest BCUT2D eigenvalue weighted by atomic mass is 16.5. The molecule has 1 aromatic rings. The molecular formula is C14H21NO3. The molecule has 0 aliphatic heterocycles. The maximum atomic E-state index is 11.7. The number of ether oxygens (including phenoxy) is 2. The van der Waals surface area contributed by atoms with Crippen molar-refractivity contribution in [3.05, 3.63) is 30.3 Å². The average Bonchev–Trinajstić information content (AvgIpc) is 2.39. The predicted octanol–water partition coefficient (Wildman–Crippen LogP) is 2.00. The third kappa shape index (κ3) is 5.68. The molecule has 0 heterocycles. The van der Waals surface area contributed by atoms with Gasteiger partial charge in [-0.2, -0.15) is 0 Å². The fraction of sp³-hybridized carbons (Fsp3) is 0.500. The van der Waals surface area contributed by atoms with Gasteiger partial charge in [0.2, 0.25) is 0 Å². The van der Waals surface area contributed by atoms with Gasteiger partial charge in [0.1, 0.15) is 5.75 Å². The quantitative estimate of drug-likeness (QED) is 0.719. The van der Waals surface area contributed by atoms with Gasteiger partial charge in [-0.1, -0.05) is 18.2 Å². The topological polar surface area (TPSA) is 47.6 Å². The van der Waals surface area contributed by atoms with Crippen LogP contribution in [0.15, 0.2) is 30.3 Å². The third-order valence-corrected chi connectivity index (χ3v) is 2.39. The van der Waals surface area contributed by atoms with Gasteiger partial charge in [0, 0.05) is 19.8 Å². The van der Waals surface area contributed by atoms with Crippen LogP contribution in [0.4, 0.5) is 0 Å². The molecule has 1 N–H and O–H groups in total. The van der Waals surface area contributed by atoms with Gasteiger partial charge in [-0.3, -0.25) is 4.79 Å². The molecule has 0 saturated carbocycles. The summed E-state index contributed by atoms with van der Waals surface area (Å²) in [5, 5.41) is 2.82. The Balaban J connectivity index is 2.21. The van der Waals surface area contributed by atoms with Crippen molar-refractivity contribution in [3.8, 4) is 5.75 Å². The van der Waals surface area contributed by atoms with Crippen LogP contribution < -0.4 is 10.1 Å². The number of carbonyl (C=O) groups is 1. The third-order valence-electron chi connectivity index (χ3n) is 2.39. The Hall–Kier alpha value is -1.55. The summed E-state index contributed by atoms with van der Waals surface area (Å²) in [6.45, 7) is 5.69. The van der Waals surface area contributed by atoms with Gasteiger partial charge in [0.05, 0.1) is 0 Å². The Morgan fingerprint density at radius 3 is 2.72 bits per heavy atom. The number of hydrogen-bond acceptors (Lipinski definition) is 3. The van der Waals surface area contributed by atoms with E-state index in [1.807, 2.05) is 37.3 Å². The molecule has 0 saturated heterocycles. The second-order valence-corrected chi connectivity index (χ2v) is 3.91. The van der Waals surface area contributed by atoms with Crippen LogP contribution in [-0.4, -0.2) is 31.8 Å². The summed E-state index contributed by atoms with van der Waals surface area (Å²) in [5.41, 5.74) is 0. The van der Waals surface area contributed by atoms with E-state index < -0.39 is 6.10 Å². The van der Waals surface area contributed by atoms with Crippen LogP contribution in [0.1, 0.15) is 20.3 Å². The first-order valence-electron chi connectivity index (χ1n) is 6.31. The molecule has 1 unspecified atom stereocenters. The van der Waals surface area contributed by atoms with Crippen LogP contribution in [0.2, 0.25) is 0 Å². The summed E-state index contributed by atoms with van der Waals surface area (Å²) in [6.07, 6.45) is 0.331. The number of amides is 1. The minimum Gasteiger partial charge on any atom is -0.481 e. The van der Waals surface area contributed by atoms with Crippen molar-refractivity contribution in [2.45, 2.75) is 26.4 Å². The molecule has 4 heteroatoms. The second kappa shape index (κ2) is 8.53. The molecule has 1 rings (SSSR count). The van der Waals surface area contributed by atoms with Crippen molar-refractivity contribution >= 4 is 5.91 Å². The molecule has 0 aliphatic carbocycles. The van der Waals surface area contributed by atoms with Crippen molar-refractivity contribution < 1.29 is 14.3 Å². The summed E-state index contributed by atoms with van der Waals surface area (Å²) in [7, 11) is 0. The van der Waals surface area contributed by atoms with E-state index in [-0.39, 0.29) is 5.91 Å². The number of para-hydroxylation sites is 1. The van der Waals surface area contributed by atoms with Gasteiger partial charge in [0.25, 0.3) is 5.91 Å². The highest BCUT2D eigenvalue weighted by Gasteiger charge is 2.13. The van der Waals surface area contributed by atoms with Crippen molar-refractivity contribution in [3.63, 3.8) is 0 Å². The van der Waals surface area contributed by atoms with E-state index in [2.05, 4.69) is 5.32 Å². The lowest BCUT2D eigenvalue weighted by molar-refractivity contribution is -0.127. The Morgan fingerprint density at radius 1 is 1.33 bits per heavy atom. The van der Waals surface area contributed by atoms with Gasteiger partial charge >= 0.3 is 0 Å². The normalized spacial score (nSPS) is 11.9. The molecule has 4 nitrogen and oxygen atoms in total. The molecule has 0 spiro atoms. The molecule has 0 bridgehead atoms. The van der Waals surface area contributed by atoms with Crippen molar-refractivity contribution in [2.24, 2.45) is 0 Å². The molecule has 0 aromatic heterocycles. The van der Waals surface area contributed by atoms with Crippen LogP contribution in [0.3, 0.4) is 0 Å². The minimum atomic E-state index is -0.487. The van der Waals surface area contributed by atoms with E-state index in [1.54, 1.807) is 6.92 Å². The smallest absolute Gasteiger partial charge is 0.260 e. The lowest BCUT2D eigenvalue weighted by Crippen LogP contribution is -2.37. The zero-order chi connectivity index (χ0) is 13.2. The van der Waals surface area contributed by atoms with Gasteiger partial charge in [-0.25, -0.2) is 0 Å². The molecule has 1 atom stereocenters. The minimum absolute atomic E-state index is 0.102. The standard InChI is InChI=1S/C14H21NO3/c1-3-17-11-7-10-15-14(16)12(2)18-13-8-5-4-6-9-13/h4-6,8-9,12H,3,7,10-11H2,1-2H3,(H,15,16). The molecule has 1 amide bonds. The zero-order valence-corrected chi connectivity index (χ0v) is 11.0. The second-order valence-electron chi connectivity index (χ2n) is 3.91. The Labute approximate surface area is 108 Å². The molecule has 0 fully saturated rings. The molecule has 0 aliphatic rings. The first-order valence-corrected chi connectivity index (χ1v) is 6.31. The summed E-state index contributed by atoms with van der Waals surface area (Å²) in [5.74, 6) is 0.602. The number of benzene rings is 1. The molecule has 1 aromatic carbocycles. The molecule has 0 radical (unpaired) electrons. The fourth-order valence-electron chi connectivity index (χ4n) is 1.43. The van der Waals surface area contributed by atoms with E-state index in [9.17, 15) is 4.79 Å². The first kappa shape index (κ1) is 14.5. The van der Waals surface area contributed by atoms with Gasteiger partial charge in [-0.15, -0.1) is 0 Å². The highest BCUT2D eigenvalue weighted by Crippen LogP contribution is 2.10. The zero-order valence-electron chi connectivity index (χ0n) is 11.0. The monoisotopic (exact) mass is 251 g/mol. The maximum Gasteiger partial charge on any atom is 0.260 e. The summed E-state index contributed by atoms with van der Waals surface area (Å²) >= 11 is 0. The first-order chi connectivity index (χ1) is 8.74. The van der Waals surface area contributed by atoms with Gasteiger partial charge in [0.15, 0.2) is 6.10 Å². The largest absolute Gasteiger partial charge is 0.481 e. The lowest BCUT2D eigenvalue weighted by Gasteiger charge is -2.14. The highest BCUT2D eigenvalue weighted by molar-refractivity contribution is 5.80. The van der Waals surface area contributed by atoms with E-state index in [0.29, 0.717) is 25.5 Å². The van der Waals surface area contributed by atoms with Crippen LogP contribution >= 0.6 is 0 Å². The average molecular weight is 251 g/mol. The van der Waals surface area contributed by atoms with Crippen molar-refractivity contribution in [1.82, 2.24) is 5.32 Å². The summed E-state index contributed by atoms with van der Waals surface area (Å²) in [6, 6.07) is 9.33. The number of rotatable bonds is 8. The number of carbonyl (C=O) groups excluding carboxylic acids is 1. The van der Waals surface area contributed by atoms with E-state index in [1.165, 1.54) is 0 Å². The SMILES string of the molecule is CCOCCCNC(=O)C(C)Oc1ccccc1. The number of nitrogens with one attached hydrogen (secondary N) is 1. The van der Waals surface area contributed by atoms with Crippen LogP contribution in [-0.2, 0) is 9.53 Å². The summed E-state index contributed by atoms with van der Waals surface area (Å²) < 4.78 is 10.7. The van der Waals surface area contributed by atoms with Crippen molar-refractivity contribution in [2.75, 3.05) is 19.8 Å².